The Kier molecular flexibility index (Phi) is 3.54. The topological polar surface area (TPSA) is 47.3 Å². The average molecular weight is 201 g/mol. The van der Waals surface area contributed by atoms with Gasteiger partial charge in [0.05, 0.1) is 12.1 Å². The molecule has 1 aromatic carbocycles. The third kappa shape index (κ3) is 2.34. The fourth-order valence-corrected chi connectivity index (χ4v) is 1.24. The fourth-order valence-electron chi connectivity index (χ4n) is 1.04. The summed E-state index contributed by atoms with van der Waals surface area (Å²) in [5, 5.41) is 0.607. The third-order valence-electron chi connectivity index (χ3n) is 1.93. The van der Waals surface area contributed by atoms with Crippen molar-refractivity contribution in [2.45, 2.75) is 13.0 Å². The zero-order valence-electron chi connectivity index (χ0n) is 7.67. The summed E-state index contributed by atoms with van der Waals surface area (Å²) in [6.45, 7) is 1.96. The van der Waals surface area contributed by atoms with Crippen molar-refractivity contribution in [3.8, 4) is 5.75 Å². The molecule has 0 aromatic heterocycles. The Morgan fingerprint density at radius 1 is 1.54 bits per heavy atom. The summed E-state index contributed by atoms with van der Waals surface area (Å²) < 4.78 is 5.08. The lowest BCUT2D eigenvalue weighted by molar-refractivity contribution is 0.413. The Labute approximate surface area is 82.8 Å². The van der Waals surface area contributed by atoms with Gasteiger partial charge in [-0.1, -0.05) is 17.7 Å². The van der Waals surface area contributed by atoms with E-state index >= 15 is 0 Å². The molecular formula is C9H13ClN2O. The molecule has 0 aliphatic rings. The fraction of sp³-hybridized carbons (Fsp3) is 0.333. The molecule has 0 aliphatic heterocycles. The van der Waals surface area contributed by atoms with Gasteiger partial charge in [-0.15, -0.1) is 0 Å². The van der Waals surface area contributed by atoms with Gasteiger partial charge in [0.15, 0.2) is 0 Å². The molecule has 0 bridgehead atoms. The first kappa shape index (κ1) is 10.3. The molecule has 72 valence electrons. The maximum absolute atomic E-state index is 5.87. The third-order valence-corrected chi connectivity index (χ3v) is 2.24. The maximum atomic E-state index is 5.87. The Bertz CT molecular complexity index is 291. The van der Waals surface area contributed by atoms with E-state index in [0.717, 1.165) is 5.56 Å². The van der Waals surface area contributed by atoms with Crippen LogP contribution in [0.2, 0.25) is 5.02 Å². The smallest absolute Gasteiger partial charge is 0.137 e. The van der Waals surface area contributed by atoms with Crippen molar-refractivity contribution in [3.05, 3.63) is 28.8 Å². The number of hydrogen-bond acceptors (Lipinski definition) is 3. The molecule has 3 N–H and O–H groups in total. The zero-order valence-corrected chi connectivity index (χ0v) is 8.43. The summed E-state index contributed by atoms with van der Waals surface area (Å²) in [5.74, 6) is 5.98. The van der Waals surface area contributed by atoms with Crippen molar-refractivity contribution >= 4 is 11.6 Å². The number of rotatable bonds is 3. The van der Waals surface area contributed by atoms with Gasteiger partial charge in [-0.3, -0.25) is 11.3 Å². The number of ether oxygens (including phenoxy) is 1. The molecule has 0 saturated heterocycles. The van der Waals surface area contributed by atoms with E-state index in [-0.39, 0.29) is 6.04 Å². The van der Waals surface area contributed by atoms with Crippen LogP contribution in [0.15, 0.2) is 18.2 Å². The van der Waals surface area contributed by atoms with E-state index in [2.05, 4.69) is 5.43 Å². The molecule has 1 aromatic rings. The Balaban J connectivity index is 2.99. The quantitative estimate of drug-likeness (QED) is 0.579. The summed E-state index contributed by atoms with van der Waals surface area (Å²) in [6, 6.07) is 5.66. The molecule has 1 rings (SSSR count). The van der Waals surface area contributed by atoms with Crippen LogP contribution in [0, 0.1) is 0 Å². The lowest BCUT2D eigenvalue weighted by Gasteiger charge is -2.12. The van der Waals surface area contributed by atoms with Gasteiger partial charge in [-0.05, 0) is 24.6 Å². The highest BCUT2D eigenvalue weighted by Gasteiger charge is 2.06. The van der Waals surface area contributed by atoms with Crippen LogP contribution in [0.3, 0.4) is 0 Å². The van der Waals surface area contributed by atoms with E-state index in [1.165, 1.54) is 0 Å². The van der Waals surface area contributed by atoms with E-state index in [0.29, 0.717) is 10.8 Å². The van der Waals surface area contributed by atoms with Gasteiger partial charge < -0.3 is 4.74 Å². The summed E-state index contributed by atoms with van der Waals surface area (Å²) in [7, 11) is 1.59. The number of benzene rings is 1. The zero-order chi connectivity index (χ0) is 9.84. The minimum absolute atomic E-state index is 0.0890. The molecule has 1 unspecified atom stereocenters. The van der Waals surface area contributed by atoms with Crippen molar-refractivity contribution in [1.82, 2.24) is 5.43 Å². The molecule has 0 amide bonds. The number of nitrogens with two attached hydrogens (primary N) is 1. The van der Waals surface area contributed by atoms with Crippen LogP contribution >= 0.6 is 11.6 Å². The van der Waals surface area contributed by atoms with E-state index in [9.17, 15) is 0 Å². The summed E-state index contributed by atoms with van der Waals surface area (Å²) >= 11 is 5.87. The second-order valence-electron chi connectivity index (χ2n) is 2.78. The summed E-state index contributed by atoms with van der Waals surface area (Å²) in [5.41, 5.74) is 3.70. The molecule has 0 spiro atoms. The van der Waals surface area contributed by atoms with Crippen LogP contribution in [-0.4, -0.2) is 7.11 Å². The molecule has 0 fully saturated rings. The number of nitrogens with one attached hydrogen (secondary N) is 1. The van der Waals surface area contributed by atoms with E-state index in [1.54, 1.807) is 13.2 Å². The minimum Gasteiger partial charge on any atom is -0.495 e. The predicted octanol–water partition coefficient (Wildman–Crippen LogP) is 1.87. The number of methoxy groups -OCH3 is 1. The number of halogens is 1. The molecule has 0 radical (unpaired) electrons. The Hall–Kier alpha value is -0.770. The first-order chi connectivity index (χ1) is 6.19. The van der Waals surface area contributed by atoms with Crippen LogP contribution in [0.25, 0.3) is 0 Å². The van der Waals surface area contributed by atoms with Crippen molar-refractivity contribution in [1.29, 1.82) is 0 Å². The van der Waals surface area contributed by atoms with Crippen LogP contribution in [0.1, 0.15) is 18.5 Å². The van der Waals surface area contributed by atoms with Crippen molar-refractivity contribution in [3.63, 3.8) is 0 Å². The first-order valence-corrected chi connectivity index (χ1v) is 4.36. The maximum Gasteiger partial charge on any atom is 0.137 e. The largest absolute Gasteiger partial charge is 0.495 e. The lowest BCUT2D eigenvalue weighted by atomic mass is 10.1. The first-order valence-electron chi connectivity index (χ1n) is 3.98. The van der Waals surface area contributed by atoms with E-state index in [4.69, 9.17) is 22.2 Å². The molecule has 13 heavy (non-hydrogen) atoms. The summed E-state index contributed by atoms with van der Waals surface area (Å²) in [4.78, 5) is 0. The molecule has 0 saturated carbocycles. The Morgan fingerprint density at radius 2 is 2.23 bits per heavy atom. The highest BCUT2D eigenvalue weighted by molar-refractivity contribution is 6.32. The number of hydrogen-bond donors (Lipinski definition) is 2. The van der Waals surface area contributed by atoms with Crippen molar-refractivity contribution in [2.24, 2.45) is 5.84 Å². The average Bonchev–Trinajstić information content (AvgIpc) is 2.17. The minimum atomic E-state index is 0.0890. The molecule has 0 aliphatic carbocycles. The molecule has 4 heteroatoms. The number of hydrazine groups is 1. The lowest BCUT2D eigenvalue weighted by Crippen LogP contribution is -2.25. The highest BCUT2D eigenvalue weighted by atomic mass is 35.5. The van der Waals surface area contributed by atoms with Crippen molar-refractivity contribution in [2.75, 3.05) is 7.11 Å². The van der Waals surface area contributed by atoms with Gasteiger partial charge in [0.2, 0.25) is 0 Å². The molecular weight excluding hydrogens is 188 g/mol. The van der Waals surface area contributed by atoms with Crippen LogP contribution in [0.4, 0.5) is 0 Å². The Morgan fingerprint density at radius 3 is 2.77 bits per heavy atom. The van der Waals surface area contributed by atoms with Gasteiger partial charge in [-0.25, -0.2) is 0 Å². The van der Waals surface area contributed by atoms with Crippen LogP contribution in [0.5, 0.6) is 5.75 Å². The monoisotopic (exact) mass is 200 g/mol. The standard InChI is InChI=1S/C9H13ClN2O/c1-6(12-11)7-3-4-8(10)9(5-7)13-2/h3-6,12H,11H2,1-2H3. The normalized spacial score (nSPS) is 12.6. The molecule has 0 heterocycles. The second kappa shape index (κ2) is 4.46. The van der Waals surface area contributed by atoms with Gasteiger partial charge in [0.1, 0.15) is 5.75 Å². The van der Waals surface area contributed by atoms with Crippen molar-refractivity contribution < 1.29 is 4.74 Å². The van der Waals surface area contributed by atoms with E-state index in [1.807, 2.05) is 19.1 Å². The highest BCUT2D eigenvalue weighted by Crippen LogP contribution is 2.27. The van der Waals surface area contributed by atoms with Crippen LogP contribution in [-0.2, 0) is 0 Å². The van der Waals surface area contributed by atoms with Crippen LogP contribution < -0.4 is 16.0 Å². The van der Waals surface area contributed by atoms with Gasteiger partial charge in [-0.2, -0.15) is 0 Å². The van der Waals surface area contributed by atoms with Gasteiger partial charge >= 0.3 is 0 Å². The van der Waals surface area contributed by atoms with Gasteiger partial charge in [0.25, 0.3) is 0 Å². The second-order valence-corrected chi connectivity index (χ2v) is 3.19. The molecule has 3 nitrogen and oxygen atoms in total. The van der Waals surface area contributed by atoms with E-state index < -0.39 is 0 Å². The SMILES string of the molecule is COc1cc(C(C)NN)ccc1Cl. The summed E-state index contributed by atoms with van der Waals surface area (Å²) in [6.07, 6.45) is 0. The molecule has 1 atom stereocenters. The predicted molar refractivity (Wildman–Crippen MR) is 53.7 cm³/mol. The van der Waals surface area contributed by atoms with Gasteiger partial charge in [0, 0.05) is 6.04 Å².